The van der Waals surface area contributed by atoms with Gasteiger partial charge in [0.1, 0.15) is 0 Å². The van der Waals surface area contributed by atoms with Gasteiger partial charge in [0.15, 0.2) is 0 Å². The van der Waals surface area contributed by atoms with E-state index in [0.717, 1.165) is 19.1 Å². The van der Waals surface area contributed by atoms with Gasteiger partial charge in [-0.25, -0.2) is 0 Å². The SMILES string of the molecule is CC(C)c1c(COC2CCCCC2)cc(C2CCCCC2)cc1COC1CCCCC1. The van der Waals surface area contributed by atoms with Crippen LogP contribution < -0.4 is 0 Å². The normalized spacial score (nSPS) is 22.3. The fourth-order valence-electron chi connectivity index (χ4n) is 6.34. The molecule has 31 heavy (non-hydrogen) atoms. The molecule has 174 valence electrons. The maximum atomic E-state index is 6.51. The van der Waals surface area contributed by atoms with Crippen LogP contribution in [0.2, 0.25) is 0 Å². The summed E-state index contributed by atoms with van der Waals surface area (Å²) in [5.74, 6) is 1.24. The minimum absolute atomic E-state index is 0.467. The van der Waals surface area contributed by atoms with Gasteiger partial charge in [0.2, 0.25) is 0 Å². The fraction of sp³-hybridized carbons (Fsp3) is 0.793. The summed E-state index contributed by atoms with van der Waals surface area (Å²) in [6.45, 7) is 6.28. The predicted molar refractivity (Wildman–Crippen MR) is 130 cm³/mol. The third-order valence-corrected chi connectivity index (χ3v) is 8.08. The topological polar surface area (TPSA) is 18.5 Å². The molecule has 0 spiro atoms. The largest absolute Gasteiger partial charge is 0.374 e. The summed E-state index contributed by atoms with van der Waals surface area (Å²) >= 11 is 0. The van der Waals surface area contributed by atoms with Crippen LogP contribution in [0, 0.1) is 0 Å². The molecule has 1 aromatic carbocycles. The van der Waals surface area contributed by atoms with E-state index in [0.29, 0.717) is 18.1 Å². The van der Waals surface area contributed by atoms with Gasteiger partial charge in [-0.15, -0.1) is 0 Å². The molecule has 3 aliphatic carbocycles. The van der Waals surface area contributed by atoms with E-state index in [1.165, 1.54) is 113 Å². The molecule has 0 saturated heterocycles. The molecule has 2 nitrogen and oxygen atoms in total. The van der Waals surface area contributed by atoms with Crippen molar-refractivity contribution in [3.05, 3.63) is 34.4 Å². The maximum absolute atomic E-state index is 6.51. The first-order valence-electron chi connectivity index (χ1n) is 13.6. The lowest BCUT2D eigenvalue weighted by atomic mass is 9.81. The summed E-state index contributed by atoms with van der Waals surface area (Å²) in [4.78, 5) is 0. The lowest BCUT2D eigenvalue weighted by Gasteiger charge is -2.28. The molecule has 3 aliphatic rings. The predicted octanol–water partition coefficient (Wildman–Crippen LogP) is 8.56. The van der Waals surface area contributed by atoms with Crippen LogP contribution in [-0.2, 0) is 22.7 Å². The van der Waals surface area contributed by atoms with Crippen LogP contribution in [0.4, 0.5) is 0 Å². The Hall–Kier alpha value is -0.860. The first-order chi connectivity index (χ1) is 15.2. The summed E-state index contributed by atoms with van der Waals surface area (Å²) in [6, 6.07) is 5.05. The van der Waals surface area contributed by atoms with Crippen LogP contribution in [0.25, 0.3) is 0 Å². The van der Waals surface area contributed by atoms with Gasteiger partial charge in [-0.2, -0.15) is 0 Å². The van der Waals surface area contributed by atoms with Gasteiger partial charge in [0, 0.05) is 0 Å². The van der Waals surface area contributed by atoms with Crippen molar-refractivity contribution in [3.63, 3.8) is 0 Å². The molecule has 0 aromatic heterocycles. The fourth-order valence-corrected chi connectivity index (χ4v) is 6.34. The average molecular weight is 427 g/mol. The monoisotopic (exact) mass is 426 g/mol. The Balaban J connectivity index is 1.56. The second kappa shape index (κ2) is 11.8. The summed E-state index contributed by atoms with van der Waals surface area (Å²) < 4.78 is 13.0. The standard InChI is InChI=1S/C29H46O2/c1-22(2)29-25(20-30-27-14-8-4-9-15-27)18-24(23-12-6-3-7-13-23)19-26(29)21-31-28-16-10-5-11-17-28/h18-19,22-23,27-28H,3-17,20-21H2,1-2H3. The summed E-state index contributed by atoms with van der Waals surface area (Å²) in [5.41, 5.74) is 5.97. The van der Waals surface area contributed by atoms with Crippen LogP contribution in [-0.4, -0.2) is 12.2 Å². The third-order valence-electron chi connectivity index (χ3n) is 8.08. The smallest absolute Gasteiger partial charge is 0.0723 e. The Bertz CT molecular complexity index is 618. The average Bonchev–Trinajstić information content (AvgIpc) is 2.82. The van der Waals surface area contributed by atoms with E-state index < -0.39 is 0 Å². The molecule has 0 bridgehead atoms. The van der Waals surface area contributed by atoms with Crippen LogP contribution in [0.5, 0.6) is 0 Å². The molecular weight excluding hydrogens is 380 g/mol. The van der Waals surface area contributed by atoms with Crippen molar-refractivity contribution in [1.82, 2.24) is 0 Å². The molecule has 2 heteroatoms. The third kappa shape index (κ3) is 6.57. The second-order valence-electron chi connectivity index (χ2n) is 10.9. The zero-order chi connectivity index (χ0) is 21.5. The van der Waals surface area contributed by atoms with Crippen molar-refractivity contribution in [2.75, 3.05) is 0 Å². The van der Waals surface area contributed by atoms with Crippen molar-refractivity contribution >= 4 is 0 Å². The van der Waals surface area contributed by atoms with Gasteiger partial charge in [-0.3, -0.25) is 0 Å². The van der Waals surface area contributed by atoms with Gasteiger partial charge in [0.05, 0.1) is 25.4 Å². The Morgan fingerprint density at radius 2 is 1.06 bits per heavy atom. The molecule has 0 amide bonds. The minimum atomic E-state index is 0.467. The Morgan fingerprint density at radius 1 is 0.645 bits per heavy atom. The van der Waals surface area contributed by atoms with Gasteiger partial charge in [-0.05, 0) is 72.6 Å². The molecule has 0 unspecified atom stereocenters. The zero-order valence-corrected chi connectivity index (χ0v) is 20.3. The molecule has 0 N–H and O–H groups in total. The van der Waals surface area contributed by atoms with E-state index in [1.807, 2.05) is 0 Å². The Kier molecular flexibility index (Phi) is 8.90. The van der Waals surface area contributed by atoms with Crippen molar-refractivity contribution in [1.29, 1.82) is 0 Å². The van der Waals surface area contributed by atoms with Crippen molar-refractivity contribution in [2.45, 2.75) is 147 Å². The van der Waals surface area contributed by atoms with E-state index in [9.17, 15) is 0 Å². The molecule has 0 atom stereocenters. The number of ether oxygens (including phenoxy) is 2. The number of rotatable bonds is 8. The maximum Gasteiger partial charge on any atom is 0.0723 e. The highest BCUT2D eigenvalue weighted by Crippen LogP contribution is 2.37. The van der Waals surface area contributed by atoms with E-state index in [4.69, 9.17) is 9.47 Å². The number of benzene rings is 1. The number of hydrogen-bond donors (Lipinski definition) is 0. The number of hydrogen-bond acceptors (Lipinski definition) is 2. The van der Waals surface area contributed by atoms with Gasteiger partial charge in [-0.1, -0.05) is 83.8 Å². The van der Waals surface area contributed by atoms with Crippen LogP contribution in [0.15, 0.2) is 12.1 Å². The summed E-state index contributed by atoms with van der Waals surface area (Å²) in [5, 5.41) is 0. The highest BCUT2D eigenvalue weighted by atomic mass is 16.5. The van der Waals surface area contributed by atoms with E-state index in [-0.39, 0.29) is 0 Å². The van der Waals surface area contributed by atoms with E-state index >= 15 is 0 Å². The summed E-state index contributed by atoms with van der Waals surface area (Å²) in [6.07, 6.45) is 20.9. The van der Waals surface area contributed by atoms with E-state index in [2.05, 4.69) is 26.0 Å². The van der Waals surface area contributed by atoms with Gasteiger partial charge < -0.3 is 9.47 Å². The first kappa shape index (κ1) is 23.3. The molecule has 4 rings (SSSR count). The lowest BCUT2D eigenvalue weighted by molar-refractivity contribution is 0.0135. The zero-order valence-electron chi connectivity index (χ0n) is 20.3. The molecule has 3 saturated carbocycles. The molecule has 0 heterocycles. The summed E-state index contributed by atoms with van der Waals surface area (Å²) in [7, 11) is 0. The minimum Gasteiger partial charge on any atom is -0.374 e. The second-order valence-corrected chi connectivity index (χ2v) is 10.9. The van der Waals surface area contributed by atoms with Crippen LogP contribution in [0.1, 0.15) is 144 Å². The highest BCUT2D eigenvalue weighted by molar-refractivity contribution is 5.42. The van der Waals surface area contributed by atoms with Crippen LogP contribution >= 0.6 is 0 Å². The Morgan fingerprint density at radius 3 is 1.48 bits per heavy atom. The lowest BCUT2D eigenvalue weighted by Crippen LogP contribution is -2.19. The van der Waals surface area contributed by atoms with E-state index in [1.54, 1.807) is 5.56 Å². The van der Waals surface area contributed by atoms with Gasteiger partial charge in [0.25, 0.3) is 0 Å². The molecule has 3 fully saturated rings. The molecule has 0 aliphatic heterocycles. The van der Waals surface area contributed by atoms with Crippen LogP contribution in [0.3, 0.4) is 0 Å². The van der Waals surface area contributed by atoms with Crippen molar-refractivity contribution < 1.29 is 9.47 Å². The van der Waals surface area contributed by atoms with Crippen molar-refractivity contribution in [3.8, 4) is 0 Å². The molecule has 0 radical (unpaired) electrons. The highest BCUT2D eigenvalue weighted by Gasteiger charge is 2.23. The molecular formula is C29H46O2. The first-order valence-corrected chi connectivity index (χ1v) is 13.6. The van der Waals surface area contributed by atoms with Crippen molar-refractivity contribution in [2.24, 2.45) is 0 Å². The quantitative estimate of drug-likeness (QED) is 0.414. The molecule has 1 aromatic rings. The Labute approximate surface area is 191 Å². The van der Waals surface area contributed by atoms with Gasteiger partial charge >= 0.3 is 0 Å².